The van der Waals surface area contributed by atoms with Crippen LogP contribution in [0.4, 0.5) is 5.69 Å². The minimum atomic E-state index is 0.0132. The molecule has 0 saturated heterocycles. The van der Waals surface area contributed by atoms with Gasteiger partial charge in [-0.3, -0.25) is 4.79 Å². The molecule has 0 radical (unpaired) electrons. The van der Waals surface area contributed by atoms with E-state index in [1.54, 1.807) is 0 Å². The standard InChI is InChI=1S/C19H30N2O2/c1-5-6-11-23-17-13-16(19(17,2)3)21(4)18(22)12-14-7-9-15(20)10-8-14/h7-10,16-17H,5-6,11-13,20H2,1-4H3. The molecule has 1 aliphatic carbocycles. The maximum Gasteiger partial charge on any atom is 0.227 e. The van der Waals surface area contributed by atoms with E-state index in [2.05, 4.69) is 20.8 Å². The quantitative estimate of drug-likeness (QED) is 0.620. The molecule has 1 aliphatic rings. The van der Waals surface area contributed by atoms with E-state index in [9.17, 15) is 4.79 Å². The van der Waals surface area contributed by atoms with Crippen LogP contribution in [0, 0.1) is 5.41 Å². The molecule has 1 fully saturated rings. The Balaban J connectivity index is 1.89. The number of hydrogen-bond donors (Lipinski definition) is 1. The zero-order valence-electron chi connectivity index (χ0n) is 14.8. The Hall–Kier alpha value is -1.55. The fourth-order valence-electron chi connectivity index (χ4n) is 3.28. The average Bonchev–Trinajstić information content (AvgIpc) is 2.51. The molecule has 0 aromatic heterocycles. The summed E-state index contributed by atoms with van der Waals surface area (Å²) < 4.78 is 5.97. The normalized spacial score (nSPS) is 22.4. The van der Waals surface area contributed by atoms with E-state index >= 15 is 0 Å². The van der Waals surface area contributed by atoms with Crippen molar-refractivity contribution < 1.29 is 9.53 Å². The molecule has 4 nitrogen and oxygen atoms in total. The third kappa shape index (κ3) is 4.05. The average molecular weight is 318 g/mol. The first-order valence-corrected chi connectivity index (χ1v) is 8.58. The van der Waals surface area contributed by atoms with Gasteiger partial charge in [-0.2, -0.15) is 0 Å². The zero-order chi connectivity index (χ0) is 17.0. The first-order chi connectivity index (χ1) is 10.9. The summed E-state index contributed by atoms with van der Waals surface area (Å²) in [7, 11) is 1.91. The van der Waals surface area contributed by atoms with Gasteiger partial charge in [0.2, 0.25) is 5.91 Å². The second kappa shape index (κ2) is 7.35. The number of nitrogen functional groups attached to an aromatic ring is 1. The monoisotopic (exact) mass is 318 g/mol. The second-order valence-corrected chi connectivity index (χ2v) is 7.21. The lowest BCUT2D eigenvalue weighted by Crippen LogP contribution is -2.62. The second-order valence-electron chi connectivity index (χ2n) is 7.21. The number of unbranched alkanes of at least 4 members (excludes halogenated alkanes) is 1. The predicted molar refractivity (Wildman–Crippen MR) is 94.2 cm³/mol. The summed E-state index contributed by atoms with van der Waals surface area (Å²) in [5, 5.41) is 0. The van der Waals surface area contributed by atoms with Gasteiger partial charge in [-0.1, -0.05) is 39.3 Å². The van der Waals surface area contributed by atoms with Crippen LogP contribution in [0.5, 0.6) is 0 Å². The van der Waals surface area contributed by atoms with Crippen LogP contribution in [0.2, 0.25) is 0 Å². The smallest absolute Gasteiger partial charge is 0.227 e. The summed E-state index contributed by atoms with van der Waals surface area (Å²) >= 11 is 0. The fourth-order valence-corrected chi connectivity index (χ4v) is 3.28. The van der Waals surface area contributed by atoms with Crippen LogP contribution in [-0.2, 0) is 16.0 Å². The molecule has 0 spiro atoms. The number of nitrogens with zero attached hydrogens (tertiary/aromatic N) is 1. The van der Waals surface area contributed by atoms with Crippen molar-refractivity contribution in [1.29, 1.82) is 0 Å². The molecule has 2 rings (SSSR count). The van der Waals surface area contributed by atoms with Gasteiger partial charge in [0.05, 0.1) is 12.5 Å². The lowest BCUT2D eigenvalue weighted by Gasteiger charge is -2.55. The number of likely N-dealkylation sites (N-methyl/N-ethyl adjacent to an activating group) is 1. The van der Waals surface area contributed by atoms with E-state index in [-0.39, 0.29) is 23.5 Å². The molecule has 2 unspecified atom stereocenters. The summed E-state index contributed by atoms with van der Waals surface area (Å²) in [4.78, 5) is 14.4. The number of hydrogen-bond acceptors (Lipinski definition) is 3. The van der Waals surface area contributed by atoms with Crippen molar-refractivity contribution in [1.82, 2.24) is 4.90 Å². The number of carbonyl (C=O) groups excluding carboxylic acids is 1. The van der Waals surface area contributed by atoms with Gasteiger partial charge in [0, 0.05) is 30.8 Å². The Morgan fingerprint density at radius 3 is 2.57 bits per heavy atom. The first-order valence-electron chi connectivity index (χ1n) is 8.58. The van der Waals surface area contributed by atoms with Crippen molar-refractivity contribution in [3.8, 4) is 0 Å². The molecule has 1 amide bonds. The molecular weight excluding hydrogens is 288 g/mol. The van der Waals surface area contributed by atoms with Crippen molar-refractivity contribution in [3.05, 3.63) is 29.8 Å². The number of ether oxygens (including phenoxy) is 1. The zero-order valence-corrected chi connectivity index (χ0v) is 14.8. The Labute approximate surface area is 140 Å². The van der Waals surface area contributed by atoms with E-state index < -0.39 is 0 Å². The molecule has 0 bridgehead atoms. The minimum Gasteiger partial charge on any atom is -0.399 e. The lowest BCUT2D eigenvalue weighted by atomic mass is 9.63. The molecule has 4 heteroatoms. The Kier molecular flexibility index (Phi) is 5.69. The maximum atomic E-state index is 12.5. The van der Waals surface area contributed by atoms with Crippen LogP contribution in [-0.4, -0.2) is 36.6 Å². The summed E-state index contributed by atoms with van der Waals surface area (Å²) in [6.45, 7) is 7.39. The summed E-state index contributed by atoms with van der Waals surface area (Å²) in [6.07, 6.45) is 3.86. The van der Waals surface area contributed by atoms with Gasteiger partial charge in [-0.25, -0.2) is 0 Å². The predicted octanol–water partition coefficient (Wildman–Crippen LogP) is 3.25. The van der Waals surface area contributed by atoms with Gasteiger partial charge in [-0.15, -0.1) is 0 Å². The van der Waals surface area contributed by atoms with Crippen molar-refractivity contribution in [2.75, 3.05) is 19.4 Å². The van der Waals surface area contributed by atoms with Gasteiger partial charge in [-0.05, 0) is 30.5 Å². The van der Waals surface area contributed by atoms with E-state index in [0.717, 1.165) is 37.1 Å². The molecule has 0 heterocycles. The summed E-state index contributed by atoms with van der Waals surface area (Å²) in [5.41, 5.74) is 7.43. The molecular formula is C19H30N2O2. The molecule has 1 aromatic carbocycles. The number of rotatable bonds is 7. The number of amides is 1. The molecule has 23 heavy (non-hydrogen) atoms. The third-order valence-corrected chi connectivity index (χ3v) is 5.14. The van der Waals surface area contributed by atoms with Gasteiger partial charge < -0.3 is 15.4 Å². The SMILES string of the molecule is CCCCOC1CC(N(C)C(=O)Cc2ccc(N)cc2)C1(C)C. The van der Waals surface area contributed by atoms with E-state index in [1.165, 1.54) is 0 Å². The Morgan fingerprint density at radius 2 is 2.00 bits per heavy atom. The molecule has 0 aliphatic heterocycles. The molecule has 1 aromatic rings. The van der Waals surface area contributed by atoms with Gasteiger partial charge in [0.1, 0.15) is 0 Å². The number of nitrogens with two attached hydrogens (primary N) is 1. The summed E-state index contributed by atoms with van der Waals surface area (Å²) in [5.74, 6) is 0.153. The maximum absolute atomic E-state index is 12.5. The Bertz CT molecular complexity index is 525. The molecule has 2 N–H and O–H groups in total. The minimum absolute atomic E-state index is 0.0132. The van der Waals surface area contributed by atoms with E-state index in [1.807, 2.05) is 36.2 Å². The van der Waals surface area contributed by atoms with E-state index in [0.29, 0.717) is 6.42 Å². The van der Waals surface area contributed by atoms with Crippen molar-refractivity contribution in [2.24, 2.45) is 5.41 Å². The van der Waals surface area contributed by atoms with Gasteiger partial charge in [0.25, 0.3) is 0 Å². The highest BCUT2D eigenvalue weighted by Crippen LogP contribution is 2.45. The van der Waals surface area contributed by atoms with Crippen LogP contribution >= 0.6 is 0 Å². The van der Waals surface area contributed by atoms with E-state index in [4.69, 9.17) is 10.5 Å². The topological polar surface area (TPSA) is 55.6 Å². The first kappa shape index (κ1) is 17.8. The highest BCUT2D eigenvalue weighted by atomic mass is 16.5. The third-order valence-electron chi connectivity index (χ3n) is 5.14. The fraction of sp³-hybridized carbons (Fsp3) is 0.632. The summed E-state index contributed by atoms with van der Waals surface area (Å²) in [6, 6.07) is 7.77. The highest BCUT2D eigenvalue weighted by molar-refractivity contribution is 5.79. The van der Waals surface area contributed by atoms with Crippen molar-refractivity contribution in [2.45, 2.75) is 58.6 Å². The number of anilines is 1. The largest absolute Gasteiger partial charge is 0.399 e. The lowest BCUT2D eigenvalue weighted by molar-refractivity contribution is -0.164. The highest BCUT2D eigenvalue weighted by Gasteiger charge is 2.51. The van der Waals surface area contributed by atoms with Crippen LogP contribution in [0.1, 0.15) is 45.6 Å². The Morgan fingerprint density at radius 1 is 1.35 bits per heavy atom. The number of benzene rings is 1. The van der Waals surface area contributed by atoms with Crippen molar-refractivity contribution in [3.63, 3.8) is 0 Å². The van der Waals surface area contributed by atoms with Crippen molar-refractivity contribution >= 4 is 11.6 Å². The van der Waals surface area contributed by atoms with Crippen LogP contribution in [0.3, 0.4) is 0 Å². The van der Waals surface area contributed by atoms with Gasteiger partial charge in [0.15, 0.2) is 0 Å². The molecule has 1 saturated carbocycles. The molecule has 2 atom stereocenters. The molecule has 128 valence electrons. The van der Waals surface area contributed by atoms with Crippen LogP contribution in [0.25, 0.3) is 0 Å². The number of carbonyl (C=O) groups is 1. The van der Waals surface area contributed by atoms with Crippen LogP contribution < -0.4 is 5.73 Å². The van der Waals surface area contributed by atoms with Gasteiger partial charge >= 0.3 is 0 Å². The van der Waals surface area contributed by atoms with Crippen LogP contribution in [0.15, 0.2) is 24.3 Å².